The molecule has 0 amide bonds. The Morgan fingerprint density at radius 3 is 2.41 bits per heavy atom. The molecular formula is C10H19BF3KN2. The van der Waals surface area contributed by atoms with Crippen molar-refractivity contribution in [2.45, 2.75) is 19.4 Å². The smallest absolute Gasteiger partial charge is 0.445 e. The molecule has 1 saturated heterocycles. The van der Waals surface area contributed by atoms with Crippen LogP contribution in [0.15, 0.2) is 12.1 Å². The summed E-state index contributed by atoms with van der Waals surface area (Å²) in [7, 11) is 2.02. The summed E-state index contributed by atoms with van der Waals surface area (Å²) in [6.07, 6.45) is 0.969. The Morgan fingerprint density at radius 2 is 1.94 bits per heavy atom. The maximum atomic E-state index is 12.4. The van der Waals surface area contributed by atoms with Gasteiger partial charge in [0.2, 0.25) is 0 Å². The van der Waals surface area contributed by atoms with E-state index in [0.717, 1.165) is 13.0 Å². The first-order valence-corrected chi connectivity index (χ1v) is 5.64. The van der Waals surface area contributed by atoms with Gasteiger partial charge in [0.25, 0.3) is 0 Å². The Hall–Kier alpha value is 1.15. The quantitative estimate of drug-likeness (QED) is 0.604. The van der Waals surface area contributed by atoms with Gasteiger partial charge in [0, 0.05) is 25.7 Å². The Bertz CT molecular complexity index is 260. The van der Waals surface area contributed by atoms with Gasteiger partial charge >= 0.3 is 58.4 Å². The Morgan fingerprint density at radius 1 is 1.35 bits per heavy atom. The summed E-state index contributed by atoms with van der Waals surface area (Å²) in [6, 6.07) is 0.363. The number of likely N-dealkylation sites (N-methyl/N-ethyl adjacent to an activating group) is 1. The van der Waals surface area contributed by atoms with E-state index in [4.69, 9.17) is 0 Å². The molecule has 1 heterocycles. The van der Waals surface area contributed by atoms with E-state index in [-0.39, 0.29) is 57.9 Å². The van der Waals surface area contributed by atoms with Crippen molar-refractivity contribution in [1.82, 2.24) is 9.80 Å². The van der Waals surface area contributed by atoms with Gasteiger partial charge in [-0.05, 0) is 20.0 Å². The van der Waals surface area contributed by atoms with Gasteiger partial charge in [0.15, 0.2) is 0 Å². The zero-order valence-corrected chi connectivity index (χ0v) is 14.0. The third-order valence-electron chi connectivity index (χ3n) is 3.22. The van der Waals surface area contributed by atoms with Crippen LogP contribution in [0.2, 0.25) is 0 Å². The van der Waals surface area contributed by atoms with E-state index >= 15 is 0 Å². The molecule has 1 aliphatic rings. The molecule has 0 aromatic carbocycles. The van der Waals surface area contributed by atoms with Crippen molar-refractivity contribution >= 4 is 6.98 Å². The second-order valence-electron chi connectivity index (χ2n) is 4.51. The zero-order chi connectivity index (χ0) is 12.3. The Kier molecular flexibility index (Phi) is 8.19. The van der Waals surface area contributed by atoms with E-state index in [1.165, 1.54) is 0 Å². The van der Waals surface area contributed by atoms with Gasteiger partial charge in [-0.25, -0.2) is 0 Å². The third kappa shape index (κ3) is 5.76. The maximum Gasteiger partial charge on any atom is 1.00 e. The molecule has 1 rings (SSSR count). The van der Waals surface area contributed by atoms with Crippen molar-refractivity contribution in [2.75, 3.05) is 33.2 Å². The summed E-state index contributed by atoms with van der Waals surface area (Å²) in [5.74, 6) is 0. The summed E-state index contributed by atoms with van der Waals surface area (Å²) in [5, 5.41) is 0. The zero-order valence-electron chi connectivity index (χ0n) is 10.9. The van der Waals surface area contributed by atoms with Gasteiger partial charge in [0.05, 0.1) is 0 Å². The molecule has 1 fully saturated rings. The van der Waals surface area contributed by atoms with Crippen LogP contribution in [0, 0.1) is 0 Å². The minimum absolute atomic E-state index is 0. The van der Waals surface area contributed by atoms with E-state index in [1.807, 2.05) is 11.9 Å². The molecule has 0 saturated carbocycles. The molecular weight excluding hydrogens is 255 g/mol. The van der Waals surface area contributed by atoms with Crippen molar-refractivity contribution in [3.05, 3.63) is 12.1 Å². The molecule has 0 radical (unpaired) electrons. The third-order valence-corrected chi connectivity index (χ3v) is 3.22. The normalized spacial score (nSPS) is 23.2. The summed E-state index contributed by atoms with van der Waals surface area (Å²) in [6.45, 7) is 2.51. The van der Waals surface area contributed by atoms with Crippen LogP contribution in [-0.4, -0.2) is 56.0 Å². The molecule has 2 nitrogen and oxygen atoms in total. The summed E-state index contributed by atoms with van der Waals surface area (Å²) < 4.78 is 37.2. The van der Waals surface area contributed by atoms with Crippen LogP contribution in [0.4, 0.5) is 12.9 Å². The number of hydrogen-bond donors (Lipinski definition) is 0. The van der Waals surface area contributed by atoms with Crippen molar-refractivity contribution < 1.29 is 64.3 Å². The number of halogens is 3. The molecule has 0 spiro atoms. The van der Waals surface area contributed by atoms with Gasteiger partial charge in [-0.3, -0.25) is 4.90 Å². The van der Waals surface area contributed by atoms with Gasteiger partial charge in [-0.1, -0.05) is 6.92 Å². The Balaban J connectivity index is 0.00000256. The van der Waals surface area contributed by atoms with Crippen LogP contribution in [0.1, 0.15) is 13.3 Å². The standard InChI is InChI=1S/C10H19BF3N2.K/c1-4-10-8-16(6-5-15(10)3)7-9(2)11(12,13)14;/h10H,2,4-8H2,1,3H3;/q-1;+1. The maximum absolute atomic E-state index is 12.4. The first-order valence-electron chi connectivity index (χ1n) is 5.64. The fourth-order valence-electron chi connectivity index (χ4n) is 1.99. The number of nitrogens with zero attached hydrogens (tertiary/aromatic N) is 2. The average molecular weight is 274 g/mol. The predicted octanol–water partition coefficient (Wildman–Crippen LogP) is -1.04. The van der Waals surface area contributed by atoms with Gasteiger partial charge in [-0.2, -0.15) is 0 Å². The minimum Gasteiger partial charge on any atom is -0.445 e. The summed E-state index contributed by atoms with van der Waals surface area (Å²) >= 11 is 0. The largest absolute Gasteiger partial charge is 1.00 e. The summed E-state index contributed by atoms with van der Waals surface area (Å²) in [4.78, 5) is 4.06. The van der Waals surface area contributed by atoms with Crippen LogP contribution in [0.25, 0.3) is 0 Å². The van der Waals surface area contributed by atoms with Crippen LogP contribution in [0.3, 0.4) is 0 Å². The molecule has 0 aromatic rings. The van der Waals surface area contributed by atoms with E-state index in [9.17, 15) is 12.9 Å². The van der Waals surface area contributed by atoms with Crippen molar-refractivity contribution in [3.8, 4) is 0 Å². The second kappa shape index (κ2) is 7.67. The molecule has 17 heavy (non-hydrogen) atoms. The number of piperazine rings is 1. The van der Waals surface area contributed by atoms with Crippen molar-refractivity contribution in [2.24, 2.45) is 0 Å². The first-order chi connectivity index (χ1) is 7.34. The fraction of sp³-hybridized carbons (Fsp3) is 0.800. The topological polar surface area (TPSA) is 6.48 Å². The number of rotatable bonds is 4. The predicted molar refractivity (Wildman–Crippen MR) is 61.4 cm³/mol. The molecule has 0 bridgehead atoms. The monoisotopic (exact) mass is 274 g/mol. The molecule has 1 unspecified atom stereocenters. The van der Waals surface area contributed by atoms with E-state index in [2.05, 4.69) is 18.4 Å². The molecule has 0 aliphatic carbocycles. The molecule has 1 aliphatic heterocycles. The molecule has 94 valence electrons. The number of hydrogen-bond acceptors (Lipinski definition) is 2. The summed E-state index contributed by atoms with van der Waals surface area (Å²) in [5.41, 5.74) is -0.584. The second-order valence-corrected chi connectivity index (χ2v) is 4.51. The van der Waals surface area contributed by atoms with Crippen molar-refractivity contribution in [3.63, 3.8) is 0 Å². The van der Waals surface area contributed by atoms with Crippen LogP contribution in [0.5, 0.6) is 0 Å². The van der Waals surface area contributed by atoms with E-state index in [0.29, 0.717) is 19.1 Å². The average Bonchev–Trinajstić information content (AvgIpc) is 2.19. The van der Waals surface area contributed by atoms with Crippen molar-refractivity contribution in [1.29, 1.82) is 0 Å². The van der Waals surface area contributed by atoms with Crippen LogP contribution >= 0.6 is 0 Å². The van der Waals surface area contributed by atoms with Gasteiger partial charge in [0.1, 0.15) is 0 Å². The van der Waals surface area contributed by atoms with Gasteiger partial charge in [-0.15, -0.1) is 12.1 Å². The molecule has 0 aromatic heterocycles. The molecule has 7 heteroatoms. The van der Waals surface area contributed by atoms with Crippen LogP contribution in [-0.2, 0) is 0 Å². The van der Waals surface area contributed by atoms with Gasteiger partial charge < -0.3 is 17.8 Å². The molecule has 1 atom stereocenters. The first kappa shape index (κ1) is 18.2. The minimum atomic E-state index is -4.88. The van der Waals surface area contributed by atoms with E-state index < -0.39 is 12.4 Å². The Labute approximate surface area is 144 Å². The van der Waals surface area contributed by atoms with E-state index in [1.54, 1.807) is 0 Å². The molecule has 0 N–H and O–H groups in total. The fourth-order valence-corrected chi connectivity index (χ4v) is 1.99. The SMILES string of the molecule is C=C(CN1CCN(C)C(CC)C1)[B-](F)(F)F.[K+]. The van der Waals surface area contributed by atoms with Crippen LogP contribution < -0.4 is 51.4 Å².